The van der Waals surface area contributed by atoms with Crippen molar-refractivity contribution in [1.82, 2.24) is 5.32 Å². The highest BCUT2D eigenvalue weighted by atomic mass is 19.4. The molecule has 9 heteroatoms. The van der Waals surface area contributed by atoms with Crippen LogP contribution in [0.1, 0.15) is 20.8 Å². The van der Waals surface area contributed by atoms with E-state index in [2.05, 4.69) is 4.74 Å². The summed E-state index contributed by atoms with van der Waals surface area (Å²) in [5, 5.41) is 19.1. The zero-order valence-corrected chi connectivity index (χ0v) is 9.91. The van der Waals surface area contributed by atoms with E-state index in [1.165, 1.54) is 19.2 Å². The summed E-state index contributed by atoms with van der Waals surface area (Å²) in [5.74, 6) is -2.12. The summed E-state index contributed by atoms with van der Waals surface area (Å²) in [7, 11) is 0. The van der Waals surface area contributed by atoms with Crippen LogP contribution in [-0.4, -0.2) is 46.2 Å². The summed E-state index contributed by atoms with van der Waals surface area (Å²) >= 11 is 0. The highest BCUT2D eigenvalue weighted by Gasteiger charge is 2.56. The first-order valence-corrected chi connectivity index (χ1v) is 4.88. The Labute approximate surface area is 101 Å². The van der Waals surface area contributed by atoms with E-state index in [1.54, 1.807) is 0 Å². The number of carboxylic acid groups (broad SMARTS) is 1. The smallest absolute Gasteiger partial charge is 0.412 e. The minimum absolute atomic E-state index is 0.434. The number of hydrogen-bond donors (Lipinski definition) is 3. The first kappa shape index (κ1) is 16.5. The van der Waals surface area contributed by atoms with E-state index in [0.717, 1.165) is 0 Å². The number of carbonyl (C=O) groups is 2. The van der Waals surface area contributed by atoms with Crippen molar-refractivity contribution >= 4 is 12.1 Å². The van der Waals surface area contributed by atoms with Crippen molar-refractivity contribution < 1.29 is 37.7 Å². The van der Waals surface area contributed by atoms with Gasteiger partial charge in [0.05, 0.1) is 6.10 Å². The molecule has 2 atom stereocenters. The van der Waals surface area contributed by atoms with E-state index in [9.17, 15) is 27.9 Å². The quantitative estimate of drug-likeness (QED) is 0.707. The Balaban J connectivity index is 5.05. The predicted molar refractivity (Wildman–Crippen MR) is 52.9 cm³/mol. The maximum Gasteiger partial charge on any atom is 0.412 e. The molecule has 1 amide bonds. The first-order chi connectivity index (χ1) is 7.89. The molecule has 0 aliphatic heterocycles. The monoisotopic (exact) mass is 273 g/mol. The number of aliphatic hydroxyl groups is 1. The fraction of sp³-hybridized carbons (Fsp3) is 0.778. The topological polar surface area (TPSA) is 95.9 Å². The molecule has 0 heterocycles. The Hall–Kier alpha value is -1.51. The van der Waals surface area contributed by atoms with Crippen molar-refractivity contribution in [2.24, 2.45) is 0 Å². The van der Waals surface area contributed by atoms with E-state index in [4.69, 9.17) is 5.11 Å². The second kappa shape index (κ2) is 5.42. The van der Waals surface area contributed by atoms with Crippen LogP contribution in [0.4, 0.5) is 18.0 Å². The molecule has 0 aromatic heterocycles. The van der Waals surface area contributed by atoms with Gasteiger partial charge in [0.2, 0.25) is 0 Å². The summed E-state index contributed by atoms with van der Waals surface area (Å²) in [6, 6.07) is -2.98. The largest absolute Gasteiger partial charge is 0.479 e. The Bertz CT molecular complexity index is 327. The highest BCUT2D eigenvalue weighted by Crippen LogP contribution is 2.28. The number of nitrogens with one attached hydrogen (secondary N) is 1. The lowest BCUT2D eigenvalue weighted by molar-refractivity contribution is -0.208. The van der Waals surface area contributed by atoms with Crippen LogP contribution in [0.2, 0.25) is 0 Å². The van der Waals surface area contributed by atoms with Crippen LogP contribution in [-0.2, 0) is 9.53 Å². The fourth-order valence-electron chi connectivity index (χ4n) is 1.03. The number of hydrogen-bond acceptors (Lipinski definition) is 4. The molecular formula is C9H14F3NO5. The zero-order chi connectivity index (χ0) is 14.7. The van der Waals surface area contributed by atoms with Gasteiger partial charge in [-0.25, -0.2) is 9.59 Å². The van der Waals surface area contributed by atoms with Gasteiger partial charge >= 0.3 is 18.2 Å². The Morgan fingerprint density at radius 1 is 1.28 bits per heavy atom. The summed E-state index contributed by atoms with van der Waals surface area (Å²) in [6.45, 7) is 3.23. The molecule has 0 bridgehead atoms. The lowest BCUT2D eigenvalue weighted by Gasteiger charge is -2.31. The van der Waals surface area contributed by atoms with Gasteiger partial charge < -0.3 is 20.3 Å². The van der Waals surface area contributed by atoms with Gasteiger partial charge in [0.15, 0.2) is 11.6 Å². The van der Waals surface area contributed by atoms with Gasteiger partial charge in [0.1, 0.15) is 0 Å². The third-order valence-corrected chi connectivity index (χ3v) is 1.93. The maximum atomic E-state index is 12.6. The van der Waals surface area contributed by atoms with Gasteiger partial charge in [0, 0.05) is 0 Å². The number of amides is 1. The van der Waals surface area contributed by atoms with Gasteiger partial charge in [-0.2, -0.15) is 13.2 Å². The molecule has 0 unspecified atom stereocenters. The number of alkyl carbamates (subject to hydrolysis) is 1. The molecule has 0 spiro atoms. The van der Waals surface area contributed by atoms with Crippen LogP contribution in [0.25, 0.3) is 0 Å². The minimum atomic E-state index is -5.14. The molecule has 0 rings (SSSR count). The third-order valence-electron chi connectivity index (χ3n) is 1.93. The van der Waals surface area contributed by atoms with Crippen LogP contribution in [0, 0.1) is 0 Å². The minimum Gasteiger partial charge on any atom is -0.479 e. The van der Waals surface area contributed by atoms with Crippen molar-refractivity contribution in [3.63, 3.8) is 0 Å². The summed E-state index contributed by atoms with van der Waals surface area (Å²) in [5.41, 5.74) is -3.20. The number of rotatable bonds is 4. The molecule has 0 aliphatic carbocycles. The van der Waals surface area contributed by atoms with Crippen molar-refractivity contribution in [2.75, 3.05) is 0 Å². The summed E-state index contributed by atoms with van der Waals surface area (Å²) < 4.78 is 42.1. The normalized spacial score (nSPS) is 16.9. The SMILES string of the molecule is CC(C)OC(=O)N[C@@H](C(F)(F)F)[C@@](C)(O)C(=O)O. The number of alkyl halides is 3. The Morgan fingerprint density at radius 2 is 1.72 bits per heavy atom. The highest BCUT2D eigenvalue weighted by molar-refractivity contribution is 5.79. The van der Waals surface area contributed by atoms with E-state index in [-0.39, 0.29) is 0 Å². The first-order valence-electron chi connectivity index (χ1n) is 4.88. The summed E-state index contributed by atoms with van der Waals surface area (Å²) in [4.78, 5) is 21.6. The van der Waals surface area contributed by atoms with E-state index in [1.807, 2.05) is 0 Å². The third kappa shape index (κ3) is 4.40. The molecular weight excluding hydrogens is 259 g/mol. The number of carbonyl (C=O) groups excluding carboxylic acids is 1. The molecule has 6 nitrogen and oxygen atoms in total. The van der Waals surface area contributed by atoms with Crippen molar-refractivity contribution in [3.05, 3.63) is 0 Å². The van der Waals surface area contributed by atoms with Crippen molar-refractivity contribution in [3.8, 4) is 0 Å². The zero-order valence-electron chi connectivity index (χ0n) is 9.91. The molecule has 0 radical (unpaired) electrons. The fourth-order valence-corrected chi connectivity index (χ4v) is 1.03. The lowest BCUT2D eigenvalue weighted by Crippen LogP contribution is -2.62. The lowest BCUT2D eigenvalue weighted by atomic mass is 9.96. The number of ether oxygens (including phenoxy) is 1. The molecule has 0 fully saturated rings. The summed E-state index contributed by atoms with van der Waals surface area (Å²) in [6.07, 6.45) is -7.29. The maximum absolute atomic E-state index is 12.6. The molecule has 18 heavy (non-hydrogen) atoms. The van der Waals surface area contributed by atoms with E-state index < -0.39 is 36.0 Å². The van der Waals surface area contributed by atoms with Crippen LogP contribution in [0.3, 0.4) is 0 Å². The number of halogens is 3. The van der Waals surface area contributed by atoms with Gasteiger partial charge in [-0.1, -0.05) is 0 Å². The van der Waals surface area contributed by atoms with Gasteiger partial charge in [-0.15, -0.1) is 0 Å². The second-order valence-corrected chi connectivity index (χ2v) is 4.03. The van der Waals surface area contributed by atoms with Crippen LogP contribution in [0.15, 0.2) is 0 Å². The number of carboxylic acids is 1. The standard InChI is InChI=1S/C9H14F3NO5/c1-4(2)18-7(16)13-5(9(10,11)12)8(3,17)6(14)15/h4-5,17H,1-3H3,(H,13,16)(H,14,15)/t5-,8-/m1/s1. The Kier molecular flexibility index (Phi) is 4.97. The molecule has 106 valence electrons. The molecule has 0 aromatic carbocycles. The van der Waals surface area contributed by atoms with Crippen molar-refractivity contribution in [1.29, 1.82) is 0 Å². The van der Waals surface area contributed by atoms with Crippen LogP contribution >= 0.6 is 0 Å². The van der Waals surface area contributed by atoms with E-state index in [0.29, 0.717) is 6.92 Å². The average Bonchev–Trinajstić information content (AvgIpc) is 2.10. The van der Waals surface area contributed by atoms with E-state index >= 15 is 0 Å². The Morgan fingerprint density at radius 3 is 2.00 bits per heavy atom. The van der Waals surface area contributed by atoms with Crippen LogP contribution in [0.5, 0.6) is 0 Å². The van der Waals surface area contributed by atoms with Gasteiger partial charge in [0.25, 0.3) is 0 Å². The molecule has 0 saturated heterocycles. The second-order valence-electron chi connectivity index (χ2n) is 4.03. The predicted octanol–water partition coefficient (Wildman–Crippen LogP) is 0.887. The average molecular weight is 273 g/mol. The van der Waals surface area contributed by atoms with Crippen molar-refractivity contribution in [2.45, 2.75) is 44.7 Å². The van der Waals surface area contributed by atoms with Gasteiger partial charge in [-0.05, 0) is 20.8 Å². The molecule has 0 aromatic rings. The molecule has 0 aliphatic rings. The van der Waals surface area contributed by atoms with Crippen LogP contribution < -0.4 is 5.32 Å². The molecule has 0 saturated carbocycles. The van der Waals surface area contributed by atoms with Gasteiger partial charge in [-0.3, -0.25) is 0 Å². The molecule has 3 N–H and O–H groups in total. The number of aliphatic carboxylic acids is 1.